The Balaban J connectivity index is 2.28. The summed E-state index contributed by atoms with van der Waals surface area (Å²) in [5.74, 6) is -0.406. The molecule has 0 saturated carbocycles. The van der Waals surface area contributed by atoms with Gasteiger partial charge in [-0.3, -0.25) is 4.79 Å². The second-order valence-corrected chi connectivity index (χ2v) is 5.06. The molecule has 17 heavy (non-hydrogen) atoms. The Morgan fingerprint density at radius 3 is 3.00 bits per heavy atom. The first-order valence-electron chi connectivity index (χ1n) is 5.40. The summed E-state index contributed by atoms with van der Waals surface area (Å²) in [5.41, 5.74) is 1.14. The van der Waals surface area contributed by atoms with Crippen LogP contribution < -0.4 is 5.32 Å². The molecule has 1 aromatic carbocycles. The second kappa shape index (κ2) is 4.79. The van der Waals surface area contributed by atoms with Gasteiger partial charge in [0.2, 0.25) is 5.91 Å². The Labute approximate surface area is 104 Å². The van der Waals surface area contributed by atoms with Gasteiger partial charge >= 0.3 is 5.97 Å². The number of benzene rings is 1. The van der Waals surface area contributed by atoms with E-state index in [2.05, 4.69) is 5.32 Å². The second-order valence-electron chi connectivity index (χ2n) is 3.68. The standard InChI is InChI=1S/C12H13NO3S/c1-3-16-12(15)8-4-5-10-9(6-8)13-11(14)7(2)17-10/h4-7H,3H2,1-2H3,(H,13,14). The van der Waals surface area contributed by atoms with Crippen LogP contribution in [-0.2, 0) is 9.53 Å². The monoisotopic (exact) mass is 251 g/mol. The number of carbonyl (C=O) groups excluding carboxylic acids is 2. The van der Waals surface area contributed by atoms with Crippen molar-refractivity contribution in [3.05, 3.63) is 23.8 Å². The van der Waals surface area contributed by atoms with Crippen molar-refractivity contribution >= 4 is 29.3 Å². The van der Waals surface area contributed by atoms with Crippen LogP contribution >= 0.6 is 11.8 Å². The fourth-order valence-corrected chi connectivity index (χ4v) is 2.48. The molecule has 2 rings (SSSR count). The molecule has 1 aliphatic rings. The SMILES string of the molecule is CCOC(=O)c1ccc2c(c1)NC(=O)C(C)S2. The van der Waals surface area contributed by atoms with Crippen LogP contribution in [0.3, 0.4) is 0 Å². The summed E-state index contributed by atoms with van der Waals surface area (Å²) in [4.78, 5) is 24.0. The van der Waals surface area contributed by atoms with Crippen molar-refractivity contribution in [2.24, 2.45) is 0 Å². The predicted molar refractivity (Wildman–Crippen MR) is 66.3 cm³/mol. The van der Waals surface area contributed by atoms with Gasteiger partial charge in [0, 0.05) is 4.90 Å². The quantitative estimate of drug-likeness (QED) is 0.819. The predicted octanol–water partition coefficient (Wildman–Crippen LogP) is 2.30. The van der Waals surface area contributed by atoms with E-state index >= 15 is 0 Å². The number of rotatable bonds is 2. The van der Waals surface area contributed by atoms with Gasteiger partial charge in [0.1, 0.15) is 0 Å². The van der Waals surface area contributed by atoms with Crippen molar-refractivity contribution in [3.63, 3.8) is 0 Å². The minimum Gasteiger partial charge on any atom is -0.462 e. The lowest BCUT2D eigenvalue weighted by Gasteiger charge is -2.21. The summed E-state index contributed by atoms with van der Waals surface area (Å²) in [5, 5.41) is 2.68. The van der Waals surface area contributed by atoms with E-state index in [0.29, 0.717) is 17.9 Å². The highest BCUT2D eigenvalue weighted by Gasteiger charge is 2.23. The highest BCUT2D eigenvalue weighted by Crippen LogP contribution is 2.35. The average Bonchev–Trinajstić information content (AvgIpc) is 2.30. The zero-order valence-electron chi connectivity index (χ0n) is 9.65. The van der Waals surface area contributed by atoms with Crippen molar-refractivity contribution in [1.29, 1.82) is 0 Å². The zero-order valence-corrected chi connectivity index (χ0v) is 10.5. The van der Waals surface area contributed by atoms with E-state index in [9.17, 15) is 9.59 Å². The van der Waals surface area contributed by atoms with E-state index in [1.165, 1.54) is 11.8 Å². The number of ether oxygens (including phenoxy) is 1. The number of hydrogen-bond acceptors (Lipinski definition) is 4. The Kier molecular flexibility index (Phi) is 3.38. The fraction of sp³-hybridized carbons (Fsp3) is 0.333. The summed E-state index contributed by atoms with van der Waals surface area (Å²) in [6, 6.07) is 5.21. The third-order valence-electron chi connectivity index (χ3n) is 2.42. The molecule has 4 nitrogen and oxygen atoms in total. The minimum atomic E-state index is -0.367. The van der Waals surface area contributed by atoms with Crippen LogP contribution in [0.1, 0.15) is 24.2 Å². The lowest BCUT2D eigenvalue weighted by molar-refractivity contribution is -0.115. The molecule has 1 aromatic rings. The molecule has 1 atom stereocenters. The van der Waals surface area contributed by atoms with E-state index in [1.807, 2.05) is 13.0 Å². The first kappa shape index (κ1) is 12.0. The summed E-state index contributed by atoms with van der Waals surface area (Å²) in [6.07, 6.45) is 0. The highest BCUT2D eigenvalue weighted by atomic mass is 32.2. The molecule has 5 heteroatoms. The molecule has 0 fully saturated rings. The number of carbonyl (C=O) groups is 2. The van der Waals surface area contributed by atoms with Crippen molar-refractivity contribution in [2.45, 2.75) is 24.0 Å². The molecule has 0 bridgehead atoms. The molecule has 1 unspecified atom stereocenters. The Morgan fingerprint density at radius 1 is 1.53 bits per heavy atom. The smallest absolute Gasteiger partial charge is 0.338 e. The molecule has 0 saturated heterocycles. The maximum Gasteiger partial charge on any atom is 0.338 e. The summed E-state index contributed by atoms with van der Waals surface area (Å²) in [7, 11) is 0. The number of hydrogen-bond donors (Lipinski definition) is 1. The Morgan fingerprint density at radius 2 is 2.29 bits per heavy atom. The van der Waals surface area contributed by atoms with Gasteiger partial charge in [-0.15, -0.1) is 11.8 Å². The van der Waals surface area contributed by atoms with Gasteiger partial charge in [-0.1, -0.05) is 0 Å². The van der Waals surface area contributed by atoms with Gasteiger partial charge < -0.3 is 10.1 Å². The van der Waals surface area contributed by atoms with Crippen molar-refractivity contribution in [2.75, 3.05) is 11.9 Å². The van der Waals surface area contributed by atoms with Gasteiger partial charge in [0.05, 0.1) is 23.1 Å². The summed E-state index contributed by atoms with van der Waals surface area (Å²) < 4.78 is 4.91. The van der Waals surface area contributed by atoms with Crippen molar-refractivity contribution in [3.8, 4) is 0 Å². The van der Waals surface area contributed by atoms with Crippen LogP contribution in [0.5, 0.6) is 0 Å². The third kappa shape index (κ3) is 2.44. The van der Waals surface area contributed by atoms with Gasteiger partial charge in [0.15, 0.2) is 0 Å². The van der Waals surface area contributed by atoms with E-state index in [-0.39, 0.29) is 17.1 Å². The van der Waals surface area contributed by atoms with E-state index in [4.69, 9.17) is 4.74 Å². The molecule has 0 radical (unpaired) electrons. The summed E-state index contributed by atoms with van der Waals surface area (Å²) >= 11 is 1.49. The van der Waals surface area contributed by atoms with Crippen LogP contribution in [0.4, 0.5) is 5.69 Å². The fourth-order valence-electron chi connectivity index (χ4n) is 1.55. The normalized spacial score (nSPS) is 18.2. The maximum atomic E-state index is 11.5. The first-order valence-corrected chi connectivity index (χ1v) is 6.28. The molecule has 1 N–H and O–H groups in total. The molecule has 1 aliphatic heterocycles. The largest absolute Gasteiger partial charge is 0.462 e. The van der Waals surface area contributed by atoms with Crippen LogP contribution in [0, 0.1) is 0 Å². The van der Waals surface area contributed by atoms with E-state index in [0.717, 1.165) is 4.90 Å². The molecule has 0 aliphatic carbocycles. The molecule has 90 valence electrons. The topological polar surface area (TPSA) is 55.4 Å². The molecular weight excluding hydrogens is 238 g/mol. The number of fused-ring (bicyclic) bond motifs is 1. The van der Waals surface area contributed by atoms with Crippen molar-refractivity contribution in [1.82, 2.24) is 0 Å². The van der Waals surface area contributed by atoms with Crippen LogP contribution in [-0.4, -0.2) is 23.7 Å². The number of nitrogens with one attached hydrogen (secondary N) is 1. The lowest BCUT2D eigenvalue weighted by atomic mass is 10.2. The number of anilines is 1. The van der Waals surface area contributed by atoms with Crippen LogP contribution in [0.15, 0.2) is 23.1 Å². The maximum absolute atomic E-state index is 11.5. The Bertz CT molecular complexity index is 473. The number of amides is 1. The van der Waals surface area contributed by atoms with Gasteiger partial charge in [0.25, 0.3) is 0 Å². The molecule has 1 amide bonds. The summed E-state index contributed by atoms with van der Waals surface area (Å²) in [6.45, 7) is 3.95. The van der Waals surface area contributed by atoms with Gasteiger partial charge in [-0.25, -0.2) is 4.79 Å². The van der Waals surface area contributed by atoms with Gasteiger partial charge in [-0.05, 0) is 32.0 Å². The highest BCUT2D eigenvalue weighted by molar-refractivity contribution is 8.00. The molecule has 1 heterocycles. The van der Waals surface area contributed by atoms with Crippen LogP contribution in [0.2, 0.25) is 0 Å². The Hall–Kier alpha value is -1.49. The first-order chi connectivity index (χ1) is 8.11. The lowest BCUT2D eigenvalue weighted by Crippen LogP contribution is -2.26. The average molecular weight is 251 g/mol. The third-order valence-corrected chi connectivity index (χ3v) is 3.60. The van der Waals surface area contributed by atoms with Crippen molar-refractivity contribution < 1.29 is 14.3 Å². The molecule has 0 spiro atoms. The molecule has 0 aromatic heterocycles. The molecular formula is C12H13NO3S. The number of esters is 1. The van der Waals surface area contributed by atoms with Gasteiger partial charge in [-0.2, -0.15) is 0 Å². The minimum absolute atomic E-state index is 0.0384. The zero-order chi connectivity index (χ0) is 12.4. The number of thioether (sulfide) groups is 1. The van der Waals surface area contributed by atoms with Crippen LogP contribution in [0.25, 0.3) is 0 Å². The van der Waals surface area contributed by atoms with E-state index < -0.39 is 0 Å². The van der Waals surface area contributed by atoms with E-state index in [1.54, 1.807) is 19.1 Å².